The van der Waals surface area contributed by atoms with Crippen molar-refractivity contribution in [3.8, 4) is 0 Å². The zero-order valence-corrected chi connectivity index (χ0v) is 12.2. The molecule has 20 heavy (non-hydrogen) atoms. The van der Waals surface area contributed by atoms with E-state index in [-0.39, 0.29) is 10.6 Å². The number of rotatable bonds is 5. The predicted octanol–water partition coefficient (Wildman–Crippen LogP) is 2.67. The van der Waals surface area contributed by atoms with E-state index in [1.165, 1.54) is 29.5 Å². The molecule has 1 aromatic carbocycles. The van der Waals surface area contributed by atoms with Gasteiger partial charge in [-0.1, -0.05) is 12.1 Å². The van der Waals surface area contributed by atoms with Crippen LogP contribution in [0.5, 0.6) is 0 Å². The molecule has 1 heterocycles. The normalized spacial score (nSPS) is 11.2. The minimum atomic E-state index is -3.65. The Kier molecular flexibility index (Phi) is 4.05. The number of benzene rings is 1. The molecule has 0 unspecified atom stereocenters. The van der Waals surface area contributed by atoms with Crippen molar-refractivity contribution in [3.63, 3.8) is 0 Å². The van der Waals surface area contributed by atoms with Crippen LogP contribution in [0.25, 0.3) is 0 Å². The van der Waals surface area contributed by atoms with Crippen molar-refractivity contribution in [1.82, 2.24) is 0 Å². The number of hydrogen-bond acceptors (Lipinski definition) is 6. The smallest absolute Gasteiger partial charge is 0.310 e. The van der Waals surface area contributed by atoms with Crippen LogP contribution >= 0.6 is 11.3 Å². The summed E-state index contributed by atoms with van der Waals surface area (Å²) in [7, 11) is -3.65. The van der Waals surface area contributed by atoms with Crippen LogP contribution in [0, 0.1) is 10.1 Å². The van der Waals surface area contributed by atoms with Gasteiger partial charge in [-0.05, 0) is 23.6 Å². The lowest BCUT2D eigenvalue weighted by molar-refractivity contribution is -0.386. The largest absolute Gasteiger partial charge is 0.375 e. The van der Waals surface area contributed by atoms with E-state index in [2.05, 4.69) is 5.32 Å². The van der Waals surface area contributed by atoms with Crippen LogP contribution in [0.2, 0.25) is 0 Å². The highest BCUT2D eigenvalue weighted by molar-refractivity contribution is 7.90. The van der Waals surface area contributed by atoms with Gasteiger partial charge in [-0.25, -0.2) is 8.42 Å². The van der Waals surface area contributed by atoms with Crippen molar-refractivity contribution in [3.05, 3.63) is 50.7 Å². The van der Waals surface area contributed by atoms with Gasteiger partial charge in [-0.2, -0.15) is 0 Å². The number of thiophene rings is 1. The van der Waals surface area contributed by atoms with E-state index in [1.54, 1.807) is 0 Å². The van der Waals surface area contributed by atoms with Crippen LogP contribution in [-0.2, 0) is 16.4 Å². The average Bonchev–Trinajstić information content (AvgIpc) is 2.87. The Morgan fingerprint density at radius 1 is 1.30 bits per heavy atom. The molecular formula is C12H12N2O4S2. The highest BCUT2D eigenvalue weighted by atomic mass is 32.2. The molecule has 0 fully saturated rings. The monoisotopic (exact) mass is 312 g/mol. The number of nitrogens with one attached hydrogen (secondary N) is 1. The summed E-state index contributed by atoms with van der Waals surface area (Å²) in [5.74, 6) is 0. The molecule has 0 aliphatic rings. The van der Waals surface area contributed by atoms with E-state index in [4.69, 9.17) is 0 Å². The lowest BCUT2D eigenvalue weighted by Gasteiger charge is -2.08. The lowest BCUT2D eigenvalue weighted by atomic mass is 10.2. The fourth-order valence-electron chi connectivity index (χ4n) is 1.75. The van der Waals surface area contributed by atoms with Gasteiger partial charge in [0, 0.05) is 17.7 Å². The highest BCUT2D eigenvalue weighted by Crippen LogP contribution is 2.32. The first-order valence-corrected chi connectivity index (χ1v) is 8.40. The van der Waals surface area contributed by atoms with Gasteiger partial charge in [0.2, 0.25) is 0 Å². The molecule has 0 spiro atoms. The second-order valence-electron chi connectivity index (χ2n) is 4.11. The van der Waals surface area contributed by atoms with Crippen LogP contribution in [0.3, 0.4) is 0 Å². The van der Waals surface area contributed by atoms with Gasteiger partial charge in [-0.3, -0.25) is 10.1 Å². The van der Waals surface area contributed by atoms with Crippen molar-refractivity contribution < 1.29 is 13.3 Å². The molecule has 0 aliphatic heterocycles. The van der Waals surface area contributed by atoms with Gasteiger partial charge in [0.15, 0.2) is 9.84 Å². The van der Waals surface area contributed by atoms with Crippen molar-refractivity contribution in [2.45, 2.75) is 11.4 Å². The summed E-state index contributed by atoms with van der Waals surface area (Å²) >= 11 is 1.52. The first-order chi connectivity index (χ1) is 9.39. The summed E-state index contributed by atoms with van der Waals surface area (Å²) in [6.07, 6.45) is 0.957. The molecule has 0 amide bonds. The molecule has 0 radical (unpaired) electrons. The summed E-state index contributed by atoms with van der Waals surface area (Å²) in [5.41, 5.74) is -0.210. The van der Waals surface area contributed by atoms with E-state index in [9.17, 15) is 18.5 Å². The maximum atomic E-state index is 11.6. The topological polar surface area (TPSA) is 89.3 Å². The third kappa shape index (κ3) is 3.14. The quantitative estimate of drug-likeness (QED) is 0.677. The van der Waals surface area contributed by atoms with Gasteiger partial charge in [0.25, 0.3) is 0 Å². The highest BCUT2D eigenvalue weighted by Gasteiger charge is 2.25. The predicted molar refractivity (Wildman–Crippen MR) is 77.9 cm³/mol. The molecule has 2 aromatic rings. The molecule has 0 saturated carbocycles. The molecule has 0 atom stereocenters. The Bertz CT molecular complexity index is 724. The minimum absolute atomic E-state index is 0.200. The minimum Gasteiger partial charge on any atom is -0.375 e. The van der Waals surface area contributed by atoms with Crippen molar-refractivity contribution in [1.29, 1.82) is 0 Å². The standard InChI is InChI=1S/C12H12N2O4S2/c1-20(17,18)11-6-2-5-10(12(11)14(15)16)13-8-9-4-3-7-19-9/h2-7,13H,8H2,1H3. The third-order valence-electron chi connectivity index (χ3n) is 2.61. The maximum absolute atomic E-state index is 11.6. The van der Waals surface area contributed by atoms with Crippen LogP contribution in [0.4, 0.5) is 11.4 Å². The van der Waals surface area contributed by atoms with E-state index >= 15 is 0 Å². The van der Waals surface area contributed by atoms with Crippen LogP contribution < -0.4 is 5.32 Å². The summed E-state index contributed by atoms with van der Waals surface area (Å²) in [4.78, 5) is 11.2. The average molecular weight is 312 g/mol. The molecule has 6 nitrogen and oxygen atoms in total. The molecule has 0 aliphatic carbocycles. The van der Waals surface area contributed by atoms with Gasteiger partial charge < -0.3 is 5.32 Å². The van der Waals surface area contributed by atoms with Crippen molar-refractivity contribution in [2.75, 3.05) is 11.6 Å². The Balaban J connectivity index is 2.40. The molecule has 106 valence electrons. The fourth-order valence-corrected chi connectivity index (χ4v) is 3.25. The van der Waals surface area contributed by atoms with Gasteiger partial charge in [0.1, 0.15) is 10.6 Å². The number of anilines is 1. The first-order valence-electron chi connectivity index (χ1n) is 5.63. The van der Waals surface area contributed by atoms with E-state index < -0.39 is 20.4 Å². The Morgan fingerprint density at radius 2 is 2.05 bits per heavy atom. The van der Waals surface area contributed by atoms with Gasteiger partial charge >= 0.3 is 5.69 Å². The number of nitrogens with zero attached hydrogens (tertiary/aromatic N) is 1. The summed E-state index contributed by atoms with van der Waals surface area (Å²) < 4.78 is 23.2. The number of sulfone groups is 1. The van der Waals surface area contributed by atoms with Crippen molar-refractivity contribution >= 4 is 32.5 Å². The van der Waals surface area contributed by atoms with Gasteiger partial charge in [-0.15, -0.1) is 11.3 Å². The third-order valence-corrected chi connectivity index (χ3v) is 4.62. The van der Waals surface area contributed by atoms with E-state index in [0.29, 0.717) is 6.54 Å². The molecule has 1 N–H and O–H groups in total. The Hall–Kier alpha value is -1.93. The molecule has 8 heteroatoms. The van der Waals surface area contributed by atoms with Crippen LogP contribution in [-0.4, -0.2) is 19.6 Å². The zero-order chi connectivity index (χ0) is 14.8. The summed E-state index contributed by atoms with van der Waals surface area (Å²) in [6.45, 7) is 0.408. The fraction of sp³-hybridized carbons (Fsp3) is 0.167. The molecule has 0 saturated heterocycles. The number of para-hydroxylation sites is 1. The second-order valence-corrected chi connectivity index (χ2v) is 7.13. The second kappa shape index (κ2) is 5.59. The lowest BCUT2D eigenvalue weighted by Crippen LogP contribution is -2.07. The molecule has 0 bridgehead atoms. The maximum Gasteiger partial charge on any atom is 0.310 e. The van der Waals surface area contributed by atoms with E-state index in [0.717, 1.165) is 11.1 Å². The van der Waals surface area contributed by atoms with Crippen LogP contribution in [0.1, 0.15) is 4.88 Å². The molecular weight excluding hydrogens is 300 g/mol. The SMILES string of the molecule is CS(=O)(=O)c1cccc(NCc2cccs2)c1[N+](=O)[O-]. The Labute approximate surface area is 120 Å². The number of nitro benzene ring substituents is 1. The van der Waals surface area contributed by atoms with E-state index in [1.807, 2.05) is 17.5 Å². The van der Waals surface area contributed by atoms with Crippen LogP contribution in [0.15, 0.2) is 40.6 Å². The summed E-state index contributed by atoms with van der Waals surface area (Å²) in [5, 5.41) is 16.0. The Morgan fingerprint density at radius 3 is 2.60 bits per heavy atom. The summed E-state index contributed by atoms with van der Waals surface area (Å²) in [6, 6.07) is 8.00. The number of hydrogen-bond donors (Lipinski definition) is 1. The first kappa shape index (κ1) is 14.5. The number of nitro groups is 1. The molecule has 1 aromatic heterocycles. The molecule has 2 rings (SSSR count). The van der Waals surface area contributed by atoms with Gasteiger partial charge in [0.05, 0.1) is 4.92 Å². The van der Waals surface area contributed by atoms with Crippen molar-refractivity contribution in [2.24, 2.45) is 0 Å². The zero-order valence-electron chi connectivity index (χ0n) is 10.6.